The quantitative estimate of drug-likeness (QED) is 0.772. The topological polar surface area (TPSA) is 59.1 Å². The highest BCUT2D eigenvalue weighted by Crippen LogP contribution is 2.61. The van der Waals surface area contributed by atoms with Crippen LogP contribution in [0.5, 0.6) is 0 Å². The Hall–Kier alpha value is -2.01. The molecule has 0 spiro atoms. The number of carbonyl (C=O) groups is 2. The van der Waals surface area contributed by atoms with Crippen LogP contribution in [0.2, 0.25) is 0 Å². The molecule has 142 valence electrons. The van der Waals surface area contributed by atoms with E-state index >= 15 is 0 Å². The van der Waals surface area contributed by atoms with E-state index in [1.54, 1.807) is 18.4 Å². The zero-order valence-electron chi connectivity index (χ0n) is 16.3. The van der Waals surface area contributed by atoms with Gasteiger partial charge in [-0.05, 0) is 42.9 Å². The molecule has 5 rings (SSSR count). The Morgan fingerprint density at radius 3 is 2.63 bits per heavy atom. The van der Waals surface area contributed by atoms with Crippen molar-refractivity contribution in [2.24, 2.45) is 23.2 Å². The van der Waals surface area contributed by atoms with E-state index in [9.17, 15) is 9.59 Å². The first-order valence-corrected chi connectivity index (χ1v) is 10.5. The molecular weight excluding hydrogens is 356 g/mol. The maximum Gasteiger partial charge on any atom is 0.271 e. The van der Waals surface area contributed by atoms with E-state index in [-0.39, 0.29) is 17.7 Å². The highest BCUT2D eigenvalue weighted by molar-refractivity contribution is 7.13. The molecule has 0 radical (unpaired) electrons. The van der Waals surface area contributed by atoms with E-state index in [2.05, 4.69) is 31.1 Å². The van der Waals surface area contributed by atoms with Gasteiger partial charge in [-0.25, -0.2) is 4.98 Å². The van der Waals surface area contributed by atoms with Gasteiger partial charge in [0.25, 0.3) is 5.91 Å². The van der Waals surface area contributed by atoms with Crippen LogP contribution < -0.4 is 5.32 Å². The van der Waals surface area contributed by atoms with Gasteiger partial charge in [0.2, 0.25) is 0 Å². The molecule has 1 N–H and O–H groups in total. The molecule has 2 aromatic rings. The first kappa shape index (κ1) is 18.4. The van der Waals surface area contributed by atoms with Crippen LogP contribution in [0.4, 0.5) is 0 Å². The number of amides is 1. The van der Waals surface area contributed by atoms with Crippen LogP contribution in [-0.4, -0.2) is 22.7 Å². The van der Waals surface area contributed by atoms with Crippen LogP contribution in [0.3, 0.4) is 0 Å². The predicted molar refractivity (Wildman–Crippen MR) is 108 cm³/mol. The SMILES string of the molecule is CC(=O)c1ccccc1-c1nc(C(=O)N[C@@H]2C[C@@H]3C[C@@H]([C@H]2C)C3(C)C)cs1. The van der Waals surface area contributed by atoms with Crippen molar-refractivity contribution >= 4 is 23.0 Å². The summed E-state index contributed by atoms with van der Waals surface area (Å²) in [6.45, 7) is 8.54. The lowest BCUT2D eigenvalue weighted by molar-refractivity contribution is -0.113. The van der Waals surface area contributed by atoms with Gasteiger partial charge in [0.1, 0.15) is 10.7 Å². The molecule has 1 aromatic heterocycles. The molecule has 1 heterocycles. The van der Waals surface area contributed by atoms with E-state index in [0.717, 1.165) is 12.0 Å². The zero-order chi connectivity index (χ0) is 19.3. The van der Waals surface area contributed by atoms with Crippen molar-refractivity contribution in [3.63, 3.8) is 0 Å². The Bertz CT molecular complexity index is 901. The van der Waals surface area contributed by atoms with E-state index in [0.29, 0.717) is 39.4 Å². The van der Waals surface area contributed by atoms with Gasteiger partial charge >= 0.3 is 0 Å². The molecule has 0 aliphatic heterocycles. The Kier molecular flexibility index (Phi) is 4.46. The molecule has 27 heavy (non-hydrogen) atoms. The monoisotopic (exact) mass is 382 g/mol. The number of nitrogens with zero attached hydrogens (tertiary/aromatic N) is 1. The first-order chi connectivity index (χ1) is 12.8. The van der Waals surface area contributed by atoms with Gasteiger partial charge in [-0.1, -0.05) is 45.0 Å². The Morgan fingerprint density at radius 1 is 1.22 bits per heavy atom. The van der Waals surface area contributed by atoms with E-state index in [1.165, 1.54) is 17.8 Å². The first-order valence-electron chi connectivity index (χ1n) is 9.65. The normalized spacial score (nSPS) is 28.3. The Balaban J connectivity index is 1.50. The minimum absolute atomic E-state index is 0.00433. The van der Waals surface area contributed by atoms with Crippen molar-refractivity contribution in [1.82, 2.24) is 10.3 Å². The van der Waals surface area contributed by atoms with Gasteiger partial charge in [0, 0.05) is 22.5 Å². The number of fused-ring (bicyclic) bond motifs is 2. The van der Waals surface area contributed by atoms with Crippen LogP contribution >= 0.6 is 11.3 Å². The molecule has 3 aliphatic carbocycles. The second-order valence-electron chi connectivity index (χ2n) is 8.67. The van der Waals surface area contributed by atoms with Crippen molar-refractivity contribution in [3.05, 3.63) is 40.9 Å². The van der Waals surface area contributed by atoms with Gasteiger partial charge in [-0.2, -0.15) is 0 Å². The number of rotatable bonds is 4. The summed E-state index contributed by atoms with van der Waals surface area (Å²) < 4.78 is 0. The van der Waals surface area contributed by atoms with E-state index in [4.69, 9.17) is 0 Å². The van der Waals surface area contributed by atoms with Gasteiger partial charge in [-0.3, -0.25) is 9.59 Å². The van der Waals surface area contributed by atoms with Gasteiger partial charge in [0.15, 0.2) is 5.78 Å². The smallest absolute Gasteiger partial charge is 0.271 e. The summed E-state index contributed by atoms with van der Waals surface area (Å²) in [5.74, 6) is 1.79. The fraction of sp³-hybridized carbons (Fsp3) is 0.500. The van der Waals surface area contributed by atoms with Crippen molar-refractivity contribution in [1.29, 1.82) is 0 Å². The van der Waals surface area contributed by atoms with Crippen molar-refractivity contribution in [2.75, 3.05) is 0 Å². The van der Waals surface area contributed by atoms with Crippen LogP contribution in [0.15, 0.2) is 29.6 Å². The maximum absolute atomic E-state index is 12.8. The number of nitrogens with one attached hydrogen (secondary N) is 1. The minimum Gasteiger partial charge on any atom is -0.348 e. The van der Waals surface area contributed by atoms with Crippen LogP contribution in [0, 0.1) is 23.2 Å². The second kappa shape index (κ2) is 6.55. The summed E-state index contributed by atoms with van der Waals surface area (Å²) in [5.41, 5.74) is 2.29. The second-order valence-corrected chi connectivity index (χ2v) is 9.53. The molecule has 5 heteroatoms. The lowest BCUT2D eigenvalue weighted by Gasteiger charge is -2.62. The summed E-state index contributed by atoms with van der Waals surface area (Å²) in [6.07, 6.45) is 2.35. The number of hydrogen-bond acceptors (Lipinski definition) is 4. The van der Waals surface area contributed by atoms with Gasteiger partial charge < -0.3 is 5.32 Å². The summed E-state index contributed by atoms with van der Waals surface area (Å²) in [5, 5.41) is 5.73. The van der Waals surface area contributed by atoms with Crippen LogP contribution in [0.1, 0.15) is 61.4 Å². The number of aromatic nitrogens is 1. The summed E-state index contributed by atoms with van der Waals surface area (Å²) in [7, 11) is 0. The molecule has 4 nitrogen and oxygen atoms in total. The summed E-state index contributed by atoms with van der Waals surface area (Å²) in [6, 6.07) is 7.65. The zero-order valence-corrected chi connectivity index (χ0v) is 17.1. The fourth-order valence-electron chi connectivity index (χ4n) is 5.06. The molecule has 2 bridgehead atoms. The molecule has 3 saturated carbocycles. The lowest BCUT2D eigenvalue weighted by Crippen LogP contribution is -2.60. The third kappa shape index (κ3) is 3.02. The van der Waals surface area contributed by atoms with Crippen LogP contribution in [-0.2, 0) is 0 Å². The molecule has 4 atom stereocenters. The highest BCUT2D eigenvalue weighted by atomic mass is 32.1. The third-order valence-electron chi connectivity index (χ3n) is 6.94. The average molecular weight is 383 g/mol. The molecule has 0 unspecified atom stereocenters. The molecular formula is C22H26N2O2S. The van der Waals surface area contributed by atoms with E-state index < -0.39 is 0 Å². The lowest BCUT2D eigenvalue weighted by atomic mass is 9.45. The van der Waals surface area contributed by atoms with Crippen molar-refractivity contribution < 1.29 is 9.59 Å². The molecule has 1 aromatic carbocycles. The Morgan fingerprint density at radius 2 is 1.96 bits per heavy atom. The number of hydrogen-bond donors (Lipinski definition) is 1. The van der Waals surface area contributed by atoms with E-state index in [1.807, 2.05) is 18.2 Å². The fourth-order valence-corrected chi connectivity index (χ4v) is 5.90. The molecule has 0 saturated heterocycles. The van der Waals surface area contributed by atoms with Gasteiger partial charge in [0.05, 0.1) is 0 Å². The van der Waals surface area contributed by atoms with Crippen molar-refractivity contribution in [2.45, 2.75) is 46.6 Å². The number of ketones is 1. The number of benzene rings is 1. The molecule has 3 aliphatic rings. The number of carbonyl (C=O) groups excluding carboxylic acids is 2. The summed E-state index contributed by atoms with van der Waals surface area (Å²) >= 11 is 1.41. The third-order valence-corrected chi connectivity index (χ3v) is 7.82. The highest BCUT2D eigenvalue weighted by Gasteiger charge is 2.56. The number of Topliss-reactive ketones (excluding diaryl/α,β-unsaturated/α-hetero) is 1. The van der Waals surface area contributed by atoms with Crippen LogP contribution in [0.25, 0.3) is 10.6 Å². The summed E-state index contributed by atoms with van der Waals surface area (Å²) in [4.78, 5) is 29.2. The minimum atomic E-state index is -0.103. The number of thiazole rings is 1. The predicted octanol–water partition coefficient (Wildman–Crippen LogP) is 4.81. The maximum atomic E-state index is 12.8. The Labute approximate surface area is 164 Å². The standard InChI is InChI=1S/C22H26N2O2S/c1-12-17-9-14(22(17,3)4)10-18(12)23-20(26)19-11-27-21(24-19)16-8-6-5-7-15(16)13(2)25/h5-8,11-12,14,17-18H,9-10H2,1-4H3,(H,23,26)/t12-,14+,17+,18-/m1/s1. The molecule has 1 amide bonds. The van der Waals surface area contributed by atoms with Gasteiger partial charge in [-0.15, -0.1) is 11.3 Å². The average Bonchev–Trinajstić information content (AvgIpc) is 3.13. The molecule has 3 fully saturated rings. The van der Waals surface area contributed by atoms with Crippen molar-refractivity contribution in [3.8, 4) is 10.6 Å². The largest absolute Gasteiger partial charge is 0.348 e.